The average molecular weight is 261 g/mol. The second-order valence-corrected chi connectivity index (χ2v) is 4.59. The molecule has 0 spiro atoms. The van der Waals surface area contributed by atoms with Crippen LogP contribution in [0, 0.1) is 0 Å². The van der Waals surface area contributed by atoms with Crippen LogP contribution >= 0.6 is 0 Å². The second-order valence-electron chi connectivity index (χ2n) is 4.59. The molecular weight excluding hydrogens is 242 g/mol. The molecule has 4 nitrogen and oxygen atoms in total. The lowest BCUT2D eigenvalue weighted by molar-refractivity contribution is -0.144. The summed E-state index contributed by atoms with van der Waals surface area (Å²) < 4.78 is 5.04. The van der Waals surface area contributed by atoms with Crippen LogP contribution in [0.3, 0.4) is 0 Å². The molecule has 1 saturated heterocycles. The number of ether oxygens (including phenoxy) is 1. The van der Waals surface area contributed by atoms with Gasteiger partial charge in [0.15, 0.2) is 0 Å². The minimum atomic E-state index is -0.472. The summed E-state index contributed by atoms with van der Waals surface area (Å²) >= 11 is 0. The van der Waals surface area contributed by atoms with Crippen LogP contribution in [0.25, 0.3) is 0 Å². The van der Waals surface area contributed by atoms with Crippen LogP contribution in [-0.2, 0) is 20.7 Å². The third-order valence-corrected chi connectivity index (χ3v) is 3.39. The molecule has 1 fully saturated rings. The van der Waals surface area contributed by atoms with Crippen LogP contribution < -0.4 is 4.90 Å². The summed E-state index contributed by atoms with van der Waals surface area (Å²) in [7, 11) is 0. The maximum atomic E-state index is 12.0. The standard InChI is InChI=1S/C15H19NO3/c1-3-11-5-7-12(8-6-11)16-13(9-10-14(16)17)15(18)19-4-2/h5-8,13H,3-4,9-10H2,1-2H3. The summed E-state index contributed by atoms with van der Waals surface area (Å²) in [4.78, 5) is 25.4. The number of aryl methyl sites for hydroxylation is 1. The second kappa shape index (κ2) is 5.87. The van der Waals surface area contributed by atoms with Gasteiger partial charge in [-0.15, -0.1) is 0 Å². The summed E-state index contributed by atoms with van der Waals surface area (Å²) in [6.45, 7) is 4.19. The normalized spacial score (nSPS) is 18.7. The van der Waals surface area contributed by atoms with E-state index >= 15 is 0 Å². The molecule has 1 aromatic carbocycles. The van der Waals surface area contributed by atoms with E-state index in [2.05, 4.69) is 6.92 Å². The average Bonchev–Trinajstić information content (AvgIpc) is 2.81. The van der Waals surface area contributed by atoms with Gasteiger partial charge in [-0.1, -0.05) is 19.1 Å². The van der Waals surface area contributed by atoms with Crippen molar-refractivity contribution in [2.75, 3.05) is 11.5 Å². The van der Waals surface area contributed by atoms with Crippen molar-refractivity contribution in [2.24, 2.45) is 0 Å². The Morgan fingerprint density at radius 2 is 2.00 bits per heavy atom. The van der Waals surface area contributed by atoms with Crippen molar-refractivity contribution in [3.63, 3.8) is 0 Å². The Morgan fingerprint density at radius 3 is 2.58 bits per heavy atom. The van der Waals surface area contributed by atoms with Crippen LogP contribution in [0.2, 0.25) is 0 Å². The van der Waals surface area contributed by atoms with E-state index in [1.165, 1.54) is 5.56 Å². The van der Waals surface area contributed by atoms with Crippen LogP contribution in [0.15, 0.2) is 24.3 Å². The van der Waals surface area contributed by atoms with Crippen LogP contribution in [0.1, 0.15) is 32.3 Å². The number of esters is 1. The van der Waals surface area contributed by atoms with Gasteiger partial charge in [0.25, 0.3) is 0 Å². The lowest BCUT2D eigenvalue weighted by atomic mass is 10.1. The highest BCUT2D eigenvalue weighted by atomic mass is 16.5. The lowest BCUT2D eigenvalue weighted by Gasteiger charge is -2.23. The zero-order valence-corrected chi connectivity index (χ0v) is 11.4. The Labute approximate surface area is 113 Å². The van der Waals surface area contributed by atoms with Crippen LogP contribution in [0.5, 0.6) is 0 Å². The smallest absolute Gasteiger partial charge is 0.329 e. The zero-order valence-electron chi connectivity index (χ0n) is 11.4. The Bertz CT molecular complexity index is 467. The van der Waals surface area contributed by atoms with Crippen molar-refractivity contribution in [3.05, 3.63) is 29.8 Å². The number of nitrogens with zero attached hydrogens (tertiary/aromatic N) is 1. The van der Waals surface area contributed by atoms with Gasteiger partial charge < -0.3 is 4.74 Å². The van der Waals surface area contributed by atoms with E-state index < -0.39 is 6.04 Å². The van der Waals surface area contributed by atoms with Crippen LogP contribution in [-0.4, -0.2) is 24.5 Å². The van der Waals surface area contributed by atoms with Gasteiger partial charge in [0, 0.05) is 12.1 Å². The zero-order chi connectivity index (χ0) is 13.8. The topological polar surface area (TPSA) is 46.6 Å². The van der Waals surface area contributed by atoms with Crippen molar-refractivity contribution in [3.8, 4) is 0 Å². The van der Waals surface area contributed by atoms with E-state index in [4.69, 9.17) is 4.74 Å². The molecule has 0 aromatic heterocycles. The predicted molar refractivity (Wildman–Crippen MR) is 73.0 cm³/mol. The molecular formula is C15H19NO3. The van der Waals surface area contributed by atoms with Gasteiger partial charge in [0.1, 0.15) is 6.04 Å². The van der Waals surface area contributed by atoms with Gasteiger partial charge in [0.2, 0.25) is 5.91 Å². The first-order valence-corrected chi connectivity index (χ1v) is 6.75. The molecule has 1 aromatic rings. The minimum Gasteiger partial charge on any atom is -0.464 e. The largest absolute Gasteiger partial charge is 0.464 e. The number of carbonyl (C=O) groups is 2. The number of rotatable bonds is 4. The molecule has 4 heteroatoms. The summed E-state index contributed by atoms with van der Waals surface area (Å²) in [6, 6.07) is 7.30. The maximum Gasteiger partial charge on any atom is 0.329 e. The minimum absolute atomic E-state index is 0.0118. The predicted octanol–water partition coefficient (Wildman–Crippen LogP) is 2.31. The monoisotopic (exact) mass is 261 g/mol. The van der Waals surface area contributed by atoms with Gasteiger partial charge in [-0.05, 0) is 37.5 Å². The fourth-order valence-corrected chi connectivity index (χ4v) is 2.36. The molecule has 1 aliphatic rings. The number of hydrogen-bond donors (Lipinski definition) is 0. The highest BCUT2D eigenvalue weighted by Gasteiger charge is 2.37. The third kappa shape index (κ3) is 2.78. The Balaban J connectivity index is 2.23. The van der Waals surface area contributed by atoms with Gasteiger partial charge in [0.05, 0.1) is 6.61 Å². The molecule has 102 valence electrons. The summed E-state index contributed by atoms with van der Waals surface area (Å²) in [5.41, 5.74) is 1.99. The van der Waals surface area contributed by atoms with E-state index in [0.29, 0.717) is 19.4 Å². The Kier molecular flexibility index (Phi) is 4.20. The fraction of sp³-hybridized carbons (Fsp3) is 0.467. The molecule has 1 heterocycles. The Hall–Kier alpha value is -1.84. The number of carbonyl (C=O) groups excluding carboxylic acids is 2. The van der Waals surface area contributed by atoms with Crippen molar-refractivity contribution >= 4 is 17.6 Å². The quantitative estimate of drug-likeness (QED) is 0.781. The SMILES string of the molecule is CCOC(=O)C1CCC(=O)N1c1ccc(CC)cc1. The molecule has 0 N–H and O–H groups in total. The summed E-state index contributed by atoms with van der Waals surface area (Å²) in [5.74, 6) is -0.324. The molecule has 1 atom stereocenters. The summed E-state index contributed by atoms with van der Waals surface area (Å²) in [6.07, 6.45) is 1.89. The number of anilines is 1. The molecule has 0 aliphatic carbocycles. The molecule has 0 bridgehead atoms. The number of hydrogen-bond acceptors (Lipinski definition) is 3. The van der Waals surface area contributed by atoms with Crippen molar-refractivity contribution in [2.45, 2.75) is 39.2 Å². The first-order valence-electron chi connectivity index (χ1n) is 6.75. The maximum absolute atomic E-state index is 12.0. The number of benzene rings is 1. The highest BCUT2D eigenvalue weighted by molar-refractivity contribution is 6.02. The van der Waals surface area contributed by atoms with Gasteiger partial charge >= 0.3 is 5.97 Å². The first kappa shape index (κ1) is 13.6. The van der Waals surface area contributed by atoms with Gasteiger partial charge in [-0.2, -0.15) is 0 Å². The lowest BCUT2D eigenvalue weighted by Crippen LogP contribution is -2.39. The molecule has 19 heavy (non-hydrogen) atoms. The van der Waals surface area contributed by atoms with Crippen LogP contribution in [0.4, 0.5) is 5.69 Å². The fourth-order valence-electron chi connectivity index (χ4n) is 2.36. The third-order valence-electron chi connectivity index (χ3n) is 3.39. The summed E-state index contributed by atoms with van der Waals surface area (Å²) in [5, 5.41) is 0. The van der Waals surface area contributed by atoms with E-state index in [9.17, 15) is 9.59 Å². The highest BCUT2D eigenvalue weighted by Crippen LogP contribution is 2.27. The van der Waals surface area contributed by atoms with Crippen molar-refractivity contribution in [1.29, 1.82) is 0 Å². The first-order chi connectivity index (χ1) is 9.17. The number of amides is 1. The molecule has 0 saturated carbocycles. The van der Waals surface area contributed by atoms with E-state index in [1.807, 2.05) is 24.3 Å². The van der Waals surface area contributed by atoms with Crippen molar-refractivity contribution in [1.82, 2.24) is 0 Å². The van der Waals surface area contributed by atoms with E-state index in [1.54, 1.807) is 11.8 Å². The Morgan fingerprint density at radius 1 is 1.32 bits per heavy atom. The van der Waals surface area contributed by atoms with E-state index in [0.717, 1.165) is 12.1 Å². The molecule has 0 radical (unpaired) electrons. The van der Waals surface area contributed by atoms with E-state index in [-0.39, 0.29) is 11.9 Å². The molecule has 2 rings (SSSR count). The molecule has 1 aliphatic heterocycles. The van der Waals surface area contributed by atoms with Gasteiger partial charge in [-0.3, -0.25) is 9.69 Å². The molecule has 1 amide bonds. The molecule has 1 unspecified atom stereocenters. The van der Waals surface area contributed by atoms with Crippen molar-refractivity contribution < 1.29 is 14.3 Å². The van der Waals surface area contributed by atoms with Gasteiger partial charge in [-0.25, -0.2) is 4.79 Å².